The molecule has 2 fully saturated rings. The van der Waals surface area contributed by atoms with Crippen LogP contribution in [-0.4, -0.2) is 46.1 Å². The van der Waals surface area contributed by atoms with Crippen LogP contribution in [0.1, 0.15) is 106 Å². The second-order valence-electron chi connectivity index (χ2n) is 14.1. The highest BCUT2D eigenvalue weighted by Crippen LogP contribution is 2.73. The van der Waals surface area contributed by atoms with Crippen LogP contribution in [0.2, 0.25) is 0 Å². The minimum absolute atomic E-state index is 0.00166. The van der Waals surface area contributed by atoms with Crippen LogP contribution in [0.4, 0.5) is 0 Å². The van der Waals surface area contributed by atoms with E-state index in [1.54, 1.807) is 0 Å². The number of carbonyl (C=O) groups excluding carboxylic acids is 1. The van der Waals surface area contributed by atoms with Gasteiger partial charge in [0, 0.05) is 12.3 Å². The lowest BCUT2D eigenvalue weighted by molar-refractivity contribution is -0.154. The summed E-state index contributed by atoms with van der Waals surface area (Å²) in [6.07, 6.45) is 8.47. The van der Waals surface area contributed by atoms with Gasteiger partial charge in [-0.15, -0.1) is 0 Å². The second-order valence-corrected chi connectivity index (χ2v) is 14.1. The van der Waals surface area contributed by atoms with Crippen molar-refractivity contribution >= 4 is 11.9 Å². The van der Waals surface area contributed by atoms with Crippen molar-refractivity contribution in [3.05, 3.63) is 22.8 Å². The molecule has 0 aliphatic heterocycles. The Balaban J connectivity index is 1.79. The number of ether oxygens (including phenoxy) is 1. The highest BCUT2D eigenvalue weighted by molar-refractivity contribution is 5.71. The Morgan fingerprint density at radius 2 is 1.74 bits per heavy atom. The molecular formula is C32H50O6. The van der Waals surface area contributed by atoms with Crippen LogP contribution in [0.15, 0.2) is 22.8 Å². The molecular weight excluding hydrogens is 480 g/mol. The smallest absolute Gasteiger partial charge is 0.306 e. The molecule has 6 heteroatoms. The predicted molar refractivity (Wildman–Crippen MR) is 147 cm³/mol. The molecule has 8 atom stereocenters. The summed E-state index contributed by atoms with van der Waals surface area (Å²) in [5.41, 5.74) is 2.87. The molecule has 0 heterocycles. The minimum Gasteiger partial charge on any atom is -0.481 e. The zero-order valence-electron chi connectivity index (χ0n) is 24.6. The maximum atomic E-state index is 12.7. The van der Waals surface area contributed by atoms with Crippen LogP contribution in [0.5, 0.6) is 0 Å². The molecule has 38 heavy (non-hydrogen) atoms. The number of hydrogen-bond donors (Lipinski definition) is 3. The molecule has 3 N–H and O–H groups in total. The van der Waals surface area contributed by atoms with Gasteiger partial charge in [0.05, 0.1) is 18.6 Å². The third kappa shape index (κ3) is 4.29. The van der Waals surface area contributed by atoms with E-state index in [2.05, 4.69) is 34.6 Å². The lowest BCUT2D eigenvalue weighted by Gasteiger charge is -2.62. The summed E-state index contributed by atoms with van der Waals surface area (Å²) in [5.74, 6) is -1.34. The van der Waals surface area contributed by atoms with Crippen LogP contribution >= 0.6 is 0 Å². The quantitative estimate of drug-likeness (QED) is 0.273. The zero-order valence-corrected chi connectivity index (χ0v) is 24.6. The number of aliphatic carboxylic acids is 1. The van der Waals surface area contributed by atoms with Gasteiger partial charge in [-0.05, 0) is 92.8 Å². The van der Waals surface area contributed by atoms with Crippen LogP contribution < -0.4 is 0 Å². The topological polar surface area (TPSA) is 104 Å². The van der Waals surface area contributed by atoms with E-state index in [4.69, 9.17) is 4.74 Å². The number of carboxylic acids is 1. The lowest BCUT2D eigenvalue weighted by Crippen LogP contribution is -2.56. The number of fused-ring (bicyclic) bond motifs is 4. The SMILES string of the molecule is CC(=O)OC1CC(C(CCC=C(C)CO)C(=O)O)C2(C)CCC3=C(CCC4C3(C)CCC(O)C4(C)C)C12C. The van der Waals surface area contributed by atoms with Crippen molar-refractivity contribution in [1.29, 1.82) is 0 Å². The number of carbonyl (C=O) groups is 2. The van der Waals surface area contributed by atoms with Crippen molar-refractivity contribution in [1.82, 2.24) is 0 Å². The Morgan fingerprint density at radius 1 is 1.05 bits per heavy atom. The maximum absolute atomic E-state index is 12.7. The van der Waals surface area contributed by atoms with Crippen molar-refractivity contribution < 1.29 is 29.6 Å². The van der Waals surface area contributed by atoms with Crippen molar-refractivity contribution in [2.45, 2.75) is 118 Å². The van der Waals surface area contributed by atoms with E-state index >= 15 is 0 Å². The third-order valence-electron chi connectivity index (χ3n) is 12.2. The van der Waals surface area contributed by atoms with Crippen LogP contribution in [0.25, 0.3) is 0 Å². The van der Waals surface area contributed by atoms with Gasteiger partial charge >= 0.3 is 11.9 Å². The number of aliphatic hydroxyl groups is 2. The first-order chi connectivity index (χ1) is 17.6. The molecule has 0 aromatic carbocycles. The fourth-order valence-corrected chi connectivity index (χ4v) is 9.78. The molecule has 0 saturated heterocycles. The van der Waals surface area contributed by atoms with Gasteiger partial charge < -0.3 is 20.1 Å². The first kappa shape index (κ1) is 29.3. The van der Waals surface area contributed by atoms with Gasteiger partial charge in [0.15, 0.2) is 0 Å². The highest BCUT2D eigenvalue weighted by Gasteiger charge is 2.68. The van der Waals surface area contributed by atoms with Crippen molar-refractivity contribution in [3.63, 3.8) is 0 Å². The Bertz CT molecular complexity index is 1020. The van der Waals surface area contributed by atoms with Gasteiger partial charge in [-0.3, -0.25) is 9.59 Å². The summed E-state index contributed by atoms with van der Waals surface area (Å²) in [6, 6.07) is 0. The molecule has 0 bridgehead atoms. The fraction of sp³-hybridized carbons (Fsp3) is 0.812. The van der Waals surface area contributed by atoms with E-state index in [0.717, 1.165) is 44.1 Å². The van der Waals surface area contributed by atoms with Crippen LogP contribution in [0.3, 0.4) is 0 Å². The summed E-state index contributed by atoms with van der Waals surface area (Å²) in [6.45, 7) is 14.7. The monoisotopic (exact) mass is 530 g/mol. The molecule has 6 nitrogen and oxygen atoms in total. The summed E-state index contributed by atoms with van der Waals surface area (Å²) in [5, 5.41) is 30.7. The average molecular weight is 531 g/mol. The molecule has 214 valence electrons. The normalized spacial score (nSPS) is 41.1. The molecule has 8 unspecified atom stereocenters. The third-order valence-corrected chi connectivity index (χ3v) is 12.2. The van der Waals surface area contributed by atoms with Gasteiger partial charge in [-0.1, -0.05) is 57.4 Å². The molecule has 0 amide bonds. The lowest BCUT2D eigenvalue weighted by atomic mass is 9.43. The number of esters is 1. The largest absolute Gasteiger partial charge is 0.481 e. The number of carboxylic acid groups (broad SMARTS) is 1. The molecule has 0 aromatic rings. The number of rotatable bonds is 7. The van der Waals surface area contributed by atoms with E-state index in [0.29, 0.717) is 25.2 Å². The van der Waals surface area contributed by atoms with E-state index < -0.39 is 17.3 Å². The van der Waals surface area contributed by atoms with Crippen LogP contribution in [0, 0.1) is 39.4 Å². The molecule has 4 aliphatic rings. The number of hydrogen-bond acceptors (Lipinski definition) is 5. The Labute approximate surface area is 228 Å². The predicted octanol–water partition coefficient (Wildman–Crippen LogP) is 6.06. The van der Waals surface area contributed by atoms with Gasteiger partial charge in [0.2, 0.25) is 0 Å². The van der Waals surface area contributed by atoms with Gasteiger partial charge in [-0.2, -0.15) is 0 Å². The van der Waals surface area contributed by atoms with Gasteiger partial charge in [0.1, 0.15) is 6.10 Å². The summed E-state index contributed by atoms with van der Waals surface area (Å²) >= 11 is 0. The minimum atomic E-state index is -0.782. The molecule has 0 radical (unpaired) electrons. The first-order valence-electron chi connectivity index (χ1n) is 14.7. The second kappa shape index (κ2) is 10.1. The van der Waals surface area contributed by atoms with E-state index in [-0.39, 0.29) is 46.9 Å². The summed E-state index contributed by atoms with van der Waals surface area (Å²) in [7, 11) is 0. The molecule has 2 saturated carbocycles. The van der Waals surface area contributed by atoms with E-state index in [1.807, 2.05) is 13.0 Å². The zero-order chi connectivity index (χ0) is 28.3. The standard InChI is InChI=1S/C32H50O6/c1-19(18-33)9-8-10-21(28(36)37)24-17-27(38-20(2)34)32(7)23-11-12-25-29(3,4)26(35)14-15-30(25,5)22(23)13-16-31(24,32)6/h9,21,24-27,33,35H,8,10-18H2,1-7H3,(H,36,37). The van der Waals surface area contributed by atoms with Crippen LogP contribution in [-0.2, 0) is 14.3 Å². The Hall–Kier alpha value is -1.66. The fourth-order valence-electron chi connectivity index (χ4n) is 9.78. The van der Waals surface area contributed by atoms with Crippen molar-refractivity contribution in [2.75, 3.05) is 6.61 Å². The van der Waals surface area contributed by atoms with Crippen molar-refractivity contribution in [2.24, 2.45) is 39.4 Å². The van der Waals surface area contributed by atoms with E-state index in [1.165, 1.54) is 18.1 Å². The van der Waals surface area contributed by atoms with Gasteiger partial charge in [0.25, 0.3) is 0 Å². The highest BCUT2D eigenvalue weighted by atomic mass is 16.5. The molecule has 4 rings (SSSR count). The molecule has 0 spiro atoms. The average Bonchev–Trinajstić information content (AvgIpc) is 3.06. The molecule has 0 aromatic heterocycles. The van der Waals surface area contributed by atoms with E-state index in [9.17, 15) is 24.9 Å². The Morgan fingerprint density at radius 3 is 2.34 bits per heavy atom. The number of aliphatic hydroxyl groups excluding tert-OH is 2. The summed E-state index contributed by atoms with van der Waals surface area (Å²) < 4.78 is 6.09. The van der Waals surface area contributed by atoms with Crippen molar-refractivity contribution in [3.8, 4) is 0 Å². The maximum Gasteiger partial charge on any atom is 0.306 e. The number of allylic oxidation sites excluding steroid dienone is 2. The Kier molecular flexibility index (Phi) is 7.77. The molecule has 4 aliphatic carbocycles. The summed E-state index contributed by atoms with van der Waals surface area (Å²) in [4.78, 5) is 25.1. The van der Waals surface area contributed by atoms with Gasteiger partial charge in [-0.25, -0.2) is 0 Å². The first-order valence-corrected chi connectivity index (χ1v) is 14.7.